The zero-order valence-electron chi connectivity index (χ0n) is 13.3. The van der Waals surface area contributed by atoms with Crippen molar-refractivity contribution in [2.24, 2.45) is 10.7 Å². The Morgan fingerprint density at radius 3 is 2.35 bits per heavy atom. The van der Waals surface area contributed by atoms with Crippen LogP contribution in [0.1, 0.15) is 18.1 Å². The second-order valence-electron chi connectivity index (χ2n) is 5.24. The van der Waals surface area contributed by atoms with E-state index in [0.717, 1.165) is 17.7 Å². The number of rotatable bonds is 6. The molecule has 0 radical (unpaired) electrons. The van der Waals surface area contributed by atoms with Gasteiger partial charge in [0.25, 0.3) is 0 Å². The van der Waals surface area contributed by atoms with Crippen LogP contribution in [0.4, 0.5) is 5.69 Å². The number of hydrogen-bond donors (Lipinski definition) is 3. The molecule has 0 aliphatic heterocycles. The first-order valence-electron chi connectivity index (χ1n) is 7.55. The number of nitrogens with zero attached hydrogens (tertiary/aromatic N) is 1. The molecule has 4 nitrogen and oxygen atoms in total. The molecule has 0 aromatic heterocycles. The number of aliphatic imine (C=N–C) groups is 1. The number of halogens is 1. The Balaban J connectivity index is 0.00000264. The van der Waals surface area contributed by atoms with Gasteiger partial charge in [0.15, 0.2) is 5.96 Å². The molecule has 1 unspecified atom stereocenters. The topological polar surface area (TPSA) is 70.6 Å². The normalized spacial score (nSPS) is 12.3. The van der Waals surface area contributed by atoms with Crippen LogP contribution in [-0.4, -0.2) is 23.7 Å². The number of aryl methyl sites for hydroxylation is 1. The van der Waals surface area contributed by atoms with Gasteiger partial charge in [-0.1, -0.05) is 49.4 Å². The predicted octanol–water partition coefficient (Wildman–Crippen LogP) is 3.20. The smallest absolute Gasteiger partial charge is 0.193 e. The lowest BCUT2D eigenvalue weighted by atomic mass is 10.1. The average Bonchev–Trinajstić information content (AvgIpc) is 2.55. The van der Waals surface area contributed by atoms with Crippen LogP contribution in [0.3, 0.4) is 0 Å². The molecular formula is C18H24IN3O. The number of aliphatic hydroxyl groups is 1. The van der Waals surface area contributed by atoms with Crippen molar-refractivity contribution in [3.63, 3.8) is 0 Å². The molecule has 0 heterocycles. The number of hydrogen-bond acceptors (Lipinski definition) is 2. The molecule has 0 saturated carbocycles. The molecule has 1 atom stereocenters. The second-order valence-corrected chi connectivity index (χ2v) is 5.24. The van der Waals surface area contributed by atoms with Crippen molar-refractivity contribution >= 4 is 35.6 Å². The molecule has 0 aliphatic rings. The summed E-state index contributed by atoms with van der Waals surface area (Å²) in [6, 6.07) is 17.9. The number of anilines is 1. The first-order valence-corrected chi connectivity index (χ1v) is 7.55. The van der Waals surface area contributed by atoms with Crippen LogP contribution >= 0.6 is 24.0 Å². The van der Waals surface area contributed by atoms with Crippen LogP contribution in [-0.2, 0) is 12.8 Å². The number of guanidine groups is 1. The van der Waals surface area contributed by atoms with E-state index in [1.165, 1.54) is 5.56 Å². The highest BCUT2D eigenvalue weighted by Gasteiger charge is 2.05. The fourth-order valence-corrected chi connectivity index (χ4v) is 2.17. The zero-order valence-corrected chi connectivity index (χ0v) is 15.6. The Labute approximate surface area is 154 Å². The van der Waals surface area contributed by atoms with Crippen molar-refractivity contribution in [2.45, 2.75) is 25.9 Å². The molecule has 2 rings (SSSR count). The molecule has 0 spiro atoms. The monoisotopic (exact) mass is 425 g/mol. The summed E-state index contributed by atoms with van der Waals surface area (Å²) in [5.74, 6) is 0.316. The van der Waals surface area contributed by atoms with E-state index in [2.05, 4.69) is 29.4 Å². The summed E-state index contributed by atoms with van der Waals surface area (Å²) in [5, 5.41) is 13.0. The molecule has 0 bridgehead atoms. The van der Waals surface area contributed by atoms with Crippen LogP contribution in [0, 0.1) is 0 Å². The Morgan fingerprint density at radius 1 is 1.09 bits per heavy atom. The Morgan fingerprint density at radius 2 is 1.74 bits per heavy atom. The van der Waals surface area contributed by atoms with Crippen molar-refractivity contribution in [1.82, 2.24) is 0 Å². The van der Waals surface area contributed by atoms with Gasteiger partial charge >= 0.3 is 0 Å². The van der Waals surface area contributed by atoms with E-state index >= 15 is 0 Å². The van der Waals surface area contributed by atoms with Gasteiger partial charge in [0.05, 0.1) is 12.6 Å². The minimum atomic E-state index is -0.537. The first-order chi connectivity index (χ1) is 10.7. The fourth-order valence-electron chi connectivity index (χ4n) is 2.17. The molecule has 2 aromatic rings. The maximum atomic E-state index is 10.00. The fraction of sp³-hybridized carbons (Fsp3) is 0.278. The number of benzene rings is 2. The third-order valence-electron chi connectivity index (χ3n) is 3.42. The SMILES string of the molecule is CCc1ccc(NC(N)=NCC(O)Cc2ccccc2)cc1.I. The standard InChI is InChI=1S/C18H23N3O.HI/c1-2-14-8-10-16(11-9-14)21-18(19)20-13-17(22)12-15-6-4-3-5-7-15;/h3-11,17,22H,2,12-13H2,1H3,(H3,19,20,21);1H. The quantitative estimate of drug-likeness (QED) is 0.378. The van der Waals surface area contributed by atoms with Gasteiger partial charge in [0.2, 0.25) is 0 Å². The molecule has 0 fully saturated rings. The van der Waals surface area contributed by atoms with Crippen molar-refractivity contribution in [3.05, 3.63) is 65.7 Å². The molecule has 124 valence electrons. The largest absolute Gasteiger partial charge is 0.391 e. The molecule has 5 heteroatoms. The maximum absolute atomic E-state index is 10.00. The Bertz CT molecular complexity index is 599. The minimum Gasteiger partial charge on any atom is -0.391 e. The highest BCUT2D eigenvalue weighted by atomic mass is 127. The van der Waals surface area contributed by atoms with Crippen LogP contribution in [0.15, 0.2) is 59.6 Å². The zero-order chi connectivity index (χ0) is 15.8. The van der Waals surface area contributed by atoms with E-state index < -0.39 is 6.10 Å². The summed E-state index contributed by atoms with van der Waals surface area (Å²) in [6.45, 7) is 2.40. The third-order valence-corrected chi connectivity index (χ3v) is 3.42. The van der Waals surface area contributed by atoms with Crippen LogP contribution in [0.5, 0.6) is 0 Å². The summed E-state index contributed by atoms with van der Waals surface area (Å²) in [6.07, 6.45) is 1.04. The van der Waals surface area contributed by atoms with Crippen LogP contribution in [0.25, 0.3) is 0 Å². The van der Waals surface area contributed by atoms with E-state index in [-0.39, 0.29) is 30.5 Å². The van der Waals surface area contributed by atoms with E-state index in [1.54, 1.807) is 0 Å². The van der Waals surface area contributed by atoms with Gasteiger partial charge in [-0.05, 0) is 29.7 Å². The van der Waals surface area contributed by atoms with Crippen molar-refractivity contribution < 1.29 is 5.11 Å². The summed E-state index contributed by atoms with van der Waals surface area (Å²) in [7, 11) is 0. The van der Waals surface area contributed by atoms with Gasteiger partial charge in [-0.2, -0.15) is 0 Å². The summed E-state index contributed by atoms with van der Waals surface area (Å²) < 4.78 is 0. The van der Waals surface area contributed by atoms with E-state index in [9.17, 15) is 5.11 Å². The summed E-state index contributed by atoms with van der Waals surface area (Å²) in [4.78, 5) is 4.19. The molecule has 23 heavy (non-hydrogen) atoms. The van der Waals surface area contributed by atoms with E-state index in [4.69, 9.17) is 5.73 Å². The average molecular weight is 425 g/mol. The van der Waals surface area contributed by atoms with Crippen molar-refractivity contribution in [1.29, 1.82) is 0 Å². The minimum absolute atomic E-state index is 0. The third kappa shape index (κ3) is 7.00. The molecular weight excluding hydrogens is 401 g/mol. The number of nitrogens with one attached hydrogen (secondary N) is 1. The molecule has 0 aliphatic carbocycles. The lowest BCUT2D eigenvalue weighted by molar-refractivity contribution is 0.184. The highest BCUT2D eigenvalue weighted by Crippen LogP contribution is 2.09. The molecule has 2 aromatic carbocycles. The lowest BCUT2D eigenvalue weighted by Crippen LogP contribution is -2.25. The molecule has 0 amide bonds. The van der Waals surface area contributed by atoms with Crippen molar-refractivity contribution in [2.75, 3.05) is 11.9 Å². The second kappa shape index (κ2) is 10.2. The van der Waals surface area contributed by atoms with Gasteiger partial charge in [-0.25, -0.2) is 0 Å². The molecule has 4 N–H and O–H groups in total. The van der Waals surface area contributed by atoms with Crippen LogP contribution in [0.2, 0.25) is 0 Å². The van der Waals surface area contributed by atoms with E-state index in [1.807, 2.05) is 42.5 Å². The first kappa shape index (κ1) is 19.4. The van der Waals surface area contributed by atoms with Gasteiger partial charge in [0.1, 0.15) is 0 Å². The summed E-state index contributed by atoms with van der Waals surface area (Å²) >= 11 is 0. The van der Waals surface area contributed by atoms with Gasteiger partial charge in [0, 0.05) is 12.1 Å². The highest BCUT2D eigenvalue weighted by molar-refractivity contribution is 14.0. The number of aliphatic hydroxyl groups excluding tert-OH is 1. The van der Waals surface area contributed by atoms with Gasteiger partial charge in [-0.3, -0.25) is 4.99 Å². The van der Waals surface area contributed by atoms with Gasteiger partial charge < -0.3 is 16.2 Å². The lowest BCUT2D eigenvalue weighted by Gasteiger charge is -2.10. The Kier molecular flexibility index (Phi) is 8.65. The van der Waals surface area contributed by atoms with E-state index in [0.29, 0.717) is 12.4 Å². The number of nitrogens with two attached hydrogens (primary N) is 1. The Hall–Kier alpha value is -1.60. The molecule has 0 saturated heterocycles. The van der Waals surface area contributed by atoms with Crippen molar-refractivity contribution in [3.8, 4) is 0 Å². The maximum Gasteiger partial charge on any atom is 0.193 e. The van der Waals surface area contributed by atoms with Crippen LogP contribution < -0.4 is 11.1 Å². The predicted molar refractivity (Wildman–Crippen MR) is 107 cm³/mol. The summed E-state index contributed by atoms with van der Waals surface area (Å²) in [5.41, 5.74) is 9.11. The van der Waals surface area contributed by atoms with Gasteiger partial charge in [-0.15, -0.1) is 24.0 Å².